The first-order chi connectivity index (χ1) is 9.29. The topological polar surface area (TPSA) is 37.9 Å². The van der Waals surface area contributed by atoms with E-state index in [1.165, 1.54) is 11.1 Å². The van der Waals surface area contributed by atoms with Crippen LogP contribution >= 0.6 is 12.2 Å². The number of H-pyrrole nitrogens is 1. The van der Waals surface area contributed by atoms with Crippen LogP contribution in [0.2, 0.25) is 0 Å². The molecule has 0 amide bonds. The fourth-order valence-corrected chi connectivity index (χ4v) is 2.77. The summed E-state index contributed by atoms with van der Waals surface area (Å²) < 4.78 is 6.25. The van der Waals surface area contributed by atoms with Crippen LogP contribution in [-0.4, -0.2) is 16.6 Å². The number of hydrogen-bond donors (Lipinski definition) is 1. The molecule has 1 N–H and O–H groups in total. The number of nitrogens with one attached hydrogen (secondary N) is 1. The summed E-state index contributed by atoms with van der Waals surface area (Å²) in [4.78, 5) is 7.44. The van der Waals surface area contributed by atoms with Crippen LogP contribution in [0.15, 0.2) is 24.5 Å². The number of fused-ring (bicyclic) bond motifs is 1. The molecular formula is C15H16N2OS. The van der Waals surface area contributed by atoms with E-state index in [1.54, 1.807) is 6.33 Å². The summed E-state index contributed by atoms with van der Waals surface area (Å²) in [5.74, 6) is 1.01. The SMILES string of the molecule is CCCc1c(-c2ccc3c(c2)CCO3)[nH]cnc1=S. The van der Waals surface area contributed by atoms with Gasteiger partial charge in [-0.3, -0.25) is 0 Å². The van der Waals surface area contributed by atoms with Gasteiger partial charge in [-0.2, -0.15) is 0 Å². The first kappa shape index (κ1) is 12.4. The molecule has 0 spiro atoms. The van der Waals surface area contributed by atoms with E-state index in [0.717, 1.165) is 42.9 Å². The van der Waals surface area contributed by atoms with E-state index in [4.69, 9.17) is 17.0 Å². The molecule has 1 aliphatic rings. The van der Waals surface area contributed by atoms with E-state index in [0.29, 0.717) is 4.64 Å². The van der Waals surface area contributed by atoms with Crippen LogP contribution in [0, 0.1) is 4.64 Å². The molecule has 0 unspecified atom stereocenters. The predicted molar refractivity (Wildman–Crippen MR) is 78.1 cm³/mol. The average Bonchev–Trinajstić information content (AvgIpc) is 2.88. The molecule has 98 valence electrons. The van der Waals surface area contributed by atoms with Crippen LogP contribution < -0.4 is 4.74 Å². The van der Waals surface area contributed by atoms with E-state index in [9.17, 15) is 0 Å². The predicted octanol–water partition coefficient (Wildman–Crippen LogP) is 3.69. The molecule has 0 saturated carbocycles. The summed E-state index contributed by atoms with van der Waals surface area (Å²) in [6.45, 7) is 2.94. The van der Waals surface area contributed by atoms with Crippen molar-refractivity contribution in [2.45, 2.75) is 26.2 Å². The Balaban J connectivity index is 2.11. The normalized spacial score (nSPS) is 13.1. The lowest BCUT2D eigenvalue weighted by atomic mass is 10.0. The maximum atomic E-state index is 5.55. The van der Waals surface area contributed by atoms with Gasteiger partial charge in [0.15, 0.2) is 0 Å². The van der Waals surface area contributed by atoms with Crippen LogP contribution in [0.5, 0.6) is 5.75 Å². The quantitative estimate of drug-likeness (QED) is 0.866. The molecule has 3 nitrogen and oxygen atoms in total. The second-order valence-corrected chi connectivity index (χ2v) is 5.12. The molecule has 1 aromatic carbocycles. The average molecular weight is 272 g/mol. The van der Waals surface area contributed by atoms with Crippen molar-refractivity contribution in [2.24, 2.45) is 0 Å². The maximum Gasteiger partial charge on any atom is 0.133 e. The minimum Gasteiger partial charge on any atom is -0.493 e. The number of ether oxygens (including phenoxy) is 1. The summed E-state index contributed by atoms with van der Waals surface area (Å²) in [5.41, 5.74) is 4.67. The lowest BCUT2D eigenvalue weighted by Gasteiger charge is -2.09. The highest BCUT2D eigenvalue weighted by Gasteiger charge is 2.14. The zero-order valence-electron chi connectivity index (χ0n) is 10.9. The van der Waals surface area contributed by atoms with Crippen molar-refractivity contribution >= 4 is 12.2 Å². The van der Waals surface area contributed by atoms with Crippen LogP contribution in [0.25, 0.3) is 11.3 Å². The minimum absolute atomic E-state index is 0.701. The molecule has 4 heteroatoms. The number of aromatic amines is 1. The van der Waals surface area contributed by atoms with Crippen molar-refractivity contribution in [3.63, 3.8) is 0 Å². The molecule has 0 saturated heterocycles. The number of aromatic nitrogens is 2. The van der Waals surface area contributed by atoms with Crippen molar-refractivity contribution in [3.05, 3.63) is 40.3 Å². The lowest BCUT2D eigenvalue weighted by molar-refractivity contribution is 0.357. The van der Waals surface area contributed by atoms with Crippen molar-refractivity contribution < 1.29 is 4.74 Å². The van der Waals surface area contributed by atoms with Crippen molar-refractivity contribution in [1.29, 1.82) is 0 Å². The van der Waals surface area contributed by atoms with Gasteiger partial charge in [0.2, 0.25) is 0 Å². The van der Waals surface area contributed by atoms with Gasteiger partial charge in [0.05, 0.1) is 18.6 Å². The van der Waals surface area contributed by atoms with Crippen molar-refractivity contribution in [2.75, 3.05) is 6.61 Å². The molecule has 0 bridgehead atoms. The molecule has 0 fully saturated rings. The van der Waals surface area contributed by atoms with Gasteiger partial charge in [-0.25, -0.2) is 4.98 Å². The van der Waals surface area contributed by atoms with E-state index in [1.807, 2.05) is 6.07 Å². The fourth-order valence-electron chi connectivity index (χ4n) is 2.51. The lowest BCUT2D eigenvalue weighted by Crippen LogP contribution is -1.97. The summed E-state index contributed by atoms with van der Waals surface area (Å²) >= 11 is 5.35. The van der Waals surface area contributed by atoms with Crippen molar-refractivity contribution in [1.82, 2.24) is 9.97 Å². The molecule has 0 aliphatic carbocycles. The van der Waals surface area contributed by atoms with Gasteiger partial charge >= 0.3 is 0 Å². The van der Waals surface area contributed by atoms with Gasteiger partial charge in [-0.15, -0.1) is 0 Å². The first-order valence-electron chi connectivity index (χ1n) is 6.62. The van der Waals surface area contributed by atoms with Crippen LogP contribution in [-0.2, 0) is 12.8 Å². The van der Waals surface area contributed by atoms with Gasteiger partial charge in [0.25, 0.3) is 0 Å². The number of nitrogens with zero attached hydrogens (tertiary/aromatic N) is 1. The Labute approximate surface area is 117 Å². The van der Waals surface area contributed by atoms with Gasteiger partial charge in [-0.1, -0.05) is 25.6 Å². The van der Waals surface area contributed by atoms with E-state index in [-0.39, 0.29) is 0 Å². The van der Waals surface area contributed by atoms with E-state index in [2.05, 4.69) is 29.0 Å². The van der Waals surface area contributed by atoms with Gasteiger partial charge < -0.3 is 9.72 Å². The second-order valence-electron chi connectivity index (χ2n) is 4.73. The highest BCUT2D eigenvalue weighted by Crippen LogP contribution is 2.31. The minimum atomic E-state index is 0.701. The highest BCUT2D eigenvalue weighted by atomic mass is 32.1. The third kappa shape index (κ3) is 2.28. The molecular weight excluding hydrogens is 256 g/mol. The zero-order chi connectivity index (χ0) is 13.2. The Morgan fingerprint density at radius 1 is 1.42 bits per heavy atom. The highest BCUT2D eigenvalue weighted by molar-refractivity contribution is 7.71. The van der Waals surface area contributed by atoms with Crippen LogP contribution in [0.3, 0.4) is 0 Å². The third-order valence-electron chi connectivity index (χ3n) is 3.43. The molecule has 0 atom stereocenters. The fraction of sp³-hybridized carbons (Fsp3) is 0.333. The van der Waals surface area contributed by atoms with E-state index < -0.39 is 0 Å². The molecule has 1 aliphatic heterocycles. The number of benzene rings is 1. The summed E-state index contributed by atoms with van der Waals surface area (Å²) in [5, 5.41) is 0. The summed E-state index contributed by atoms with van der Waals surface area (Å²) in [6.07, 6.45) is 4.68. The first-order valence-corrected chi connectivity index (χ1v) is 7.03. The maximum absolute atomic E-state index is 5.55. The molecule has 3 rings (SSSR count). The monoisotopic (exact) mass is 272 g/mol. The van der Waals surface area contributed by atoms with Gasteiger partial charge in [-0.05, 0) is 35.7 Å². The molecule has 0 radical (unpaired) electrons. The zero-order valence-corrected chi connectivity index (χ0v) is 11.7. The molecule has 1 aromatic heterocycles. The Morgan fingerprint density at radius 3 is 3.16 bits per heavy atom. The summed E-state index contributed by atoms with van der Waals surface area (Å²) in [7, 11) is 0. The Kier molecular flexibility index (Phi) is 3.34. The van der Waals surface area contributed by atoms with Crippen molar-refractivity contribution in [3.8, 4) is 17.0 Å². The Bertz CT molecular complexity index is 663. The number of hydrogen-bond acceptors (Lipinski definition) is 3. The van der Waals surface area contributed by atoms with E-state index >= 15 is 0 Å². The largest absolute Gasteiger partial charge is 0.493 e. The number of rotatable bonds is 3. The molecule has 2 heterocycles. The summed E-state index contributed by atoms with van der Waals surface area (Å²) in [6, 6.07) is 6.33. The Hall–Kier alpha value is -1.68. The third-order valence-corrected chi connectivity index (χ3v) is 3.78. The van der Waals surface area contributed by atoms with Gasteiger partial charge in [0, 0.05) is 12.0 Å². The van der Waals surface area contributed by atoms with Gasteiger partial charge in [0.1, 0.15) is 10.4 Å². The molecule has 19 heavy (non-hydrogen) atoms. The smallest absolute Gasteiger partial charge is 0.133 e. The van der Waals surface area contributed by atoms with Crippen LogP contribution in [0.1, 0.15) is 24.5 Å². The Morgan fingerprint density at radius 2 is 2.32 bits per heavy atom. The van der Waals surface area contributed by atoms with Crippen LogP contribution in [0.4, 0.5) is 0 Å². The molecule has 2 aromatic rings. The standard InChI is InChI=1S/C15H16N2OS/c1-2-3-12-14(16-9-17-15(12)19)11-4-5-13-10(8-11)6-7-18-13/h4-5,8-9H,2-3,6-7H2,1H3,(H,16,17,19). The second kappa shape index (κ2) is 5.13.